The molecule has 0 spiro atoms. The Bertz CT molecular complexity index is 601. The van der Waals surface area contributed by atoms with Crippen LogP contribution in [0.2, 0.25) is 0 Å². The number of morpholine rings is 1. The maximum Gasteiger partial charge on any atom is 0.254 e. The molecule has 0 bridgehead atoms. The number of ether oxygens (including phenoxy) is 1. The predicted octanol–water partition coefficient (Wildman–Crippen LogP) is 1.16. The fourth-order valence-electron chi connectivity index (χ4n) is 3.50. The second kappa shape index (κ2) is 7.97. The van der Waals surface area contributed by atoms with Crippen molar-refractivity contribution in [2.45, 2.75) is 39.0 Å². The average molecular weight is 345 g/mol. The van der Waals surface area contributed by atoms with Crippen LogP contribution in [0, 0.1) is 5.92 Å². The van der Waals surface area contributed by atoms with E-state index in [1.807, 2.05) is 43.0 Å². The number of carbonyl (C=O) groups is 2. The van der Waals surface area contributed by atoms with Crippen LogP contribution in [0.1, 0.15) is 36.2 Å². The summed E-state index contributed by atoms with van der Waals surface area (Å²) in [4.78, 5) is 26.5. The van der Waals surface area contributed by atoms with Crippen LogP contribution in [0.15, 0.2) is 24.3 Å². The summed E-state index contributed by atoms with van der Waals surface area (Å²) in [6, 6.07) is 7.50. The minimum absolute atomic E-state index is 0.0367. The molecule has 2 saturated heterocycles. The standard InChI is InChI=1S/C19H27N3O3/c1-13-11-22(12-14(2)25-13)19(24)16-5-3-15(4-6-16)9-21-18(23)17-7-8-20-10-17/h3-6,13-14,17,20H,7-12H2,1-2H3,(H,21,23). The van der Waals surface area contributed by atoms with Gasteiger partial charge in [-0.1, -0.05) is 12.1 Å². The molecule has 6 heteroatoms. The first-order valence-electron chi connectivity index (χ1n) is 9.05. The molecule has 1 aromatic rings. The smallest absolute Gasteiger partial charge is 0.254 e. The first-order chi connectivity index (χ1) is 12.0. The third-order valence-electron chi connectivity index (χ3n) is 4.81. The molecule has 0 radical (unpaired) electrons. The summed E-state index contributed by atoms with van der Waals surface area (Å²) < 4.78 is 5.68. The molecule has 136 valence electrons. The third kappa shape index (κ3) is 4.58. The number of hydrogen-bond donors (Lipinski definition) is 2. The molecule has 0 saturated carbocycles. The van der Waals surface area contributed by atoms with Crippen LogP contribution in [0.5, 0.6) is 0 Å². The number of nitrogens with one attached hydrogen (secondary N) is 2. The van der Waals surface area contributed by atoms with Gasteiger partial charge in [0.05, 0.1) is 18.1 Å². The quantitative estimate of drug-likeness (QED) is 0.859. The summed E-state index contributed by atoms with van der Waals surface area (Å²) in [5.41, 5.74) is 1.68. The van der Waals surface area contributed by atoms with Crippen molar-refractivity contribution in [1.82, 2.24) is 15.5 Å². The van der Waals surface area contributed by atoms with Gasteiger partial charge in [0.15, 0.2) is 0 Å². The average Bonchev–Trinajstić information content (AvgIpc) is 3.13. The lowest BCUT2D eigenvalue weighted by Crippen LogP contribution is -2.48. The Balaban J connectivity index is 1.54. The van der Waals surface area contributed by atoms with Crippen molar-refractivity contribution < 1.29 is 14.3 Å². The summed E-state index contributed by atoms with van der Waals surface area (Å²) >= 11 is 0. The Morgan fingerprint density at radius 2 is 1.88 bits per heavy atom. The largest absolute Gasteiger partial charge is 0.372 e. The predicted molar refractivity (Wildman–Crippen MR) is 95.2 cm³/mol. The number of benzene rings is 1. The van der Waals surface area contributed by atoms with Gasteiger partial charge in [-0.25, -0.2) is 0 Å². The second-order valence-corrected chi connectivity index (χ2v) is 7.07. The zero-order valence-corrected chi connectivity index (χ0v) is 15.0. The summed E-state index contributed by atoms with van der Waals surface area (Å²) in [6.45, 7) is 7.38. The molecule has 2 aliphatic heterocycles. The van der Waals surface area contributed by atoms with E-state index in [-0.39, 0.29) is 29.9 Å². The lowest BCUT2D eigenvalue weighted by atomic mass is 10.1. The van der Waals surface area contributed by atoms with Gasteiger partial charge >= 0.3 is 0 Å². The maximum atomic E-state index is 12.6. The van der Waals surface area contributed by atoms with Gasteiger partial charge in [0.25, 0.3) is 5.91 Å². The van der Waals surface area contributed by atoms with Crippen LogP contribution in [0.4, 0.5) is 0 Å². The van der Waals surface area contributed by atoms with Gasteiger partial charge in [0.1, 0.15) is 0 Å². The van der Waals surface area contributed by atoms with Crippen molar-refractivity contribution in [2.75, 3.05) is 26.2 Å². The van der Waals surface area contributed by atoms with Crippen molar-refractivity contribution in [3.05, 3.63) is 35.4 Å². The van der Waals surface area contributed by atoms with E-state index in [1.54, 1.807) is 0 Å². The number of amides is 2. The van der Waals surface area contributed by atoms with Crippen LogP contribution in [0.3, 0.4) is 0 Å². The number of rotatable bonds is 4. The number of carbonyl (C=O) groups excluding carboxylic acids is 2. The Labute approximate surface area is 148 Å². The Hall–Kier alpha value is -1.92. The van der Waals surface area contributed by atoms with Gasteiger partial charge in [-0.2, -0.15) is 0 Å². The van der Waals surface area contributed by atoms with Gasteiger partial charge in [-0.15, -0.1) is 0 Å². The first-order valence-corrected chi connectivity index (χ1v) is 9.05. The van der Waals surface area contributed by atoms with Crippen molar-refractivity contribution in [3.8, 4) is 0 Å². The molecule has 3 rings (SSSR count). The molecule has 2 N–H and O–H groups in total. The van der Waals surface area contributed by atoms with Gasteiger partial charge in [-0.3, -0.25) is 9.59 Å². The number of hydrogen-bond acceptors (Lipinski definition) is 4. The maximum absolute atomic E-state index is 12.6. The first kappa shape index (κ1) is 17.9. The Morgan fingerprint density at radius 3 is 2.48 bits per heavy atom. The highest BCUT2D eigenvalue weighted by molar-refractivity contribution is 5.94. The normalized spacial score (nSPS) is 26.5. The number of nitrogens with zero attached hydrogens (tertiary/aromatic N) is 1. The second-order valence-electron chi connectivity index (χ2n) is 7.07. The van der Waals surface area contributed by atoms with E-state index < -0.39 is 0 Å². The van der Waals surface area contributed by atoms with E-state index in [4.69, 9.17) is 4.74 Å². The highest BCUT2D eigenvalue weighted by Crippen LogP contribution is 2.15. The van der Waals surface area contributed by atoms with E-state index in [1.165, 1.54) is 0 Å². The Kier molecular flexibility index (Phi) is 5.71. The summed E-state index contributed by atoms with van der Waals surface area (Å²) in [7, 11) is 0. The minimum atomic E-state index is 0.0367. The van der Waals surface area contributed by atoms with E-state index >= 15 is 0 Å². The minimum Gasteiger partial charge on any atom is -0.372 e. The summed E-state index contributed by atoms with van der Waals surface area (Å²) in [6.07, 6.45) is 1.02. The molecule has 2 aliphatic rings. The van der Waals surface area contributed by atoms with Crippen LogP contribution < -0.4 is 10.6 Å². The van der Waals surface area contributed by atoms with Crippen LogP contribution in [-0.4, -0.2) is 55.1 Å². The van der Waals surface area contributed by atoms with Crippen molar-refractivity contribution in [3.63, 3.8) is 0 Å². The molecule has 2 fully saturated rings. The van der Waals surface area contributed by atoms with Crippen LogP contribution >= 0.6 is 0 Å². The van der Waals surface area contributed by atoms with Crippen molar-refractivity contribution in [1.29, 1.82) is 0 Å². The van der Waals surface area contributed by atoms with Gasteiger partial charge in [0, 0.05) is 31.7 Å². The van der Waals surface area contributed by atoms with E-state index in [0.717, 1.165) is 25.1 Å². The van der Waals surface area contributed by atoms with Crippen LogP contribution in [0.25, 0.3) is 0 Å². The molecule has 0 aromatic heterocycles. The van der Waals surface area contributed by atoms with Crippen molar-refractivity contribution in [2.24, 2.45) is 5.92 Å². The fourth-order valence-corrected chi connectivity index (χ4v) is 3.50. The molecule has 0 aliphatic carbocycles. The summed E-state index contributed by atoms with van der Waals surface area (Å²) in [5.74, 6) is 0.210. The lowest BCUT2D eigenvalue weighted by Gasteiger charge is -2.35. The zero-order chi connectivity index (χ0) is 17.8. The third-order valence-corrected chi connectivity index (χ3v) is 4.81. The monoisotopic (exact) mass is 345 g/mol. The van der Waals surface area contributed by atoms with E-state index in [2.05, 4.69) is 10.6 Å². The molecule has 1 aromatic carbocycles. The van der Waals surface area contributed by atoms with Gasteiger partial charge in [0.2, 0.25) is 5.91 Å². The fraction of sp³-hybridized carbons (Fsp3) is 0.579. The SMILES string of the molecule is CC1CN(C(=O)c2ccc(CNC(=O)C3CCNC3)cc2)CC(C)O1. The van der Waals surface area contributed by atoms with Crippen LogP contribution in [-0.2, 0) is 16.1 Å². The zero-order valence-electron chi connectivity index (χ0n) is 15.0. The highest BCUT2D eigenvalue weighted by Gasteiger charge is 2.26. The highest BCUT2D eigenvalue weighted by atomic mass is 16.5. The lowest BCUT2D eigenvalue weighted by molar-refractivity contribution is -0.124. The molecule has 3 atom stereocenters. The Morgan fingerprint density at radius 1 is 1.20 bits per heavy atom. The summed E-state index contributed by atoms with van der Waals surface area (Å²) in [5, 5.41) is 6.17. The molecular weight excluding hydrogens is 318 g/mol. The van der Waals surface area contributed by atoms with E-state index in [0.29, 0.717) is 25.2 Å². The molecule has 3 unspecified atom stereocenters. The molecule has 6 nitrogen and oxygen atoms in total. The van der Waals surface area contributed by atoms with Gasteiger partial charge in [-0.05, 0) is 44.5 Å². The topological polar surface area (TPSA) is 70.7 Å². The van der Waals surface area contributed by atoms with Crippen molar-refractivity contribution >= 4 is 11.8 Å². The molecule has 25 heavy (non-hydrogen) atoms. The van der Waals surface area contributed by atoms with E-state index in [9.17, 15) is 9.59 Å². The van der Waals surface area contributed by atoms with Gasteiger partial charge < -0.3 is 20.3 Å². The molecular formula is C19H27N3O3. The molecule has 2 heterocycles. The molecule has 2 amide bonds.